The Morgan fingerprint density at radius 3 is 2.86 bits per heavy atom. The number of nitrogens with zero attached hydrogens (tertiary/aromatic N) is 1. The second kappa shape index (κ2) is 7.78. The van der Waals surface area contributed by atoms with Gasteiger partial charge < -0.3 is 9.84 Å². The molecule has 1 saturated heterocycles. The molecule has 5 nitrogen and oxygen atoms in total. The highest BCUT2D eigenvalue weighted by molar-refractivity contribution is 14.1. The number of nitrogens with one attached hydrogen (secondary N) is 1. The molecule has 8 heteroatoms. The van der Waals surface area contributed by atoms with Crippen molar-refractivity contribution >= 4 is 58.2 Å². The second-order valence-corrected chi connectivity index (χ2v) is 9.47. The number of hydrogen-bond acceptors (Lipinski definition) is 6. The molecule has 0 unspecified atom stereocenters. The van der Waals surface area contributed by atoms with Crippen molar-refractivity contribution in [3.63, 3.8) is 0 Å². The van der Waals surface area contributed by atoms with Crippen LogP contribution in [-0.2, 0) is 4.79 Å². The number of amides is 1. The van der Waals surface area contributed by atoms with Gasteiger partial charge in [-0.25, -0.2) is 5.43 Å². The van der Waals surface area contributed by atoms with E-state index >= 15 is 0 Å². The van der Waals surface area contributed by atoms with E-state index in [2.05, 4.69) is 17.5 Å². The third-order valence-corrected chi connectivity index (χ3v) is 7.17. The number of phenols is 1. The van der Waals surface area contributed by atoms with Crippen LogP contribution in [0.2, 0.25) is 0 Å². The lowest BCUT2D eigenvalue weighted by molar-refractivity contribution is -0.121. The van der Waals surface area contributed by atoms with Gasteiger partial charge in [-0.3, -0.25) is 4.79 Å². The number of ether oxygens (including phenoxy) is 1. The summed E-state index contributed by atoms with van der Waals surface area (Å²) in [5.74, 6) is 2.56. The predicted molar refractivity (Wildman–Crippen MR) is 101 cm³/mol. The van der Waals surface area contributed by atoms with Gasteiger partial charge in [-0.1, -0.05) is 0 Å². The summed E-state index contributed by atoms with van der Waals surface area (Å²) in [6.45, 7) is 2.09. The Balaban J connectivity index is 1.95. The molecule has 0 spiro atoms. The number of halogens is 1. The first-order chi connectivity index (χ1) is 10.4. The molecule has 1 aliphatic rings. The molecule has 1 aliphatic heterocycles. The predicted octanol–water partition coefficient (Wildman–Crippen LogP) is 3.04. The topological polar surface area (TPSA) is 70.9 Å². The number of carbonyl (C=O) groups is 1. The van der Waals surface area contributed by atoms with Crippen LogP contribution < -0.4 is 10.2 Å². The monoisotopic (exact) mass is 452 g/mol. The van der Waals surface area contributed by atoms with Crippen molar-refractivity contribution < 1.29 is 14.6 Å². The molecule has 2 rings (SSSR count). The molecule has 0 bridgehead atoms. The van der Waals surface area contributed by atoms with Gasteiger partial charge in [0.15, 0.2) is 11.5 Å². The first-order valence-electron chi connectivity index (χ1n) is 6.60. The molecule has 0 atom stereocenters. The summed E-state index contributed by atoms with van der Waals surface area (Å²) in [4.78, 5) is 11.9. The van der Waals surface area contributed by atoms with Gasteiger partial charge in [-0.2, -0.15) is 5.10 Å². The maximum atomic E-state index is 11.9. The van der Waals surface area contributed by atoms with E-state index < -0.39 is 0 Å². The third kappa shape index (κ3) is 4.69. The second-order valence-electron chi connectivity index (χ2n) is 4.85. The van der Waals surface area contributed by atoms with Crippen molar-refractivity contribution in [2.75, 3.05) is 18.6 Å². The zero-order chi connectivity index (χ0) is 16.2. The van der Waals surface area contributed by atoms with Crippen LogP contribution in [0.1, 0.15) is 18.9 Å². The highest BCUT2D eigenvalue weighted by atomic mass is 127. The Morgan fingerprint density at radius 2 is 2.23 bits per heavy atom. The molecule has 1 heterocycles. The molecule has 0 saturated carbocycles. The fourth-order valence-corrected chi connectivity index (χ4v) is 5.45. The molecule has 2 N–H and O–H groups in total. The minimum absolute atomic E-state index is 0.0449. The fourth-order valence-electron chi connectivity index (χ4n) is 1.99. The lowest BCUT2D eigenvalue weighted by Crippen LogP contribution is -2.26. The summed E-state index contributed by atoms with van der Waals surface area (Å²) in [7, 11) is 1.49. The number of methoxy groups -OCH3 is 1. The number of hydrazone groups is 1. The van der Waals surface area contributed by atoms with E-state index in [1.165, 1.54) is 7.11 Å². The van der Waals surface area contributed by atoms with E-state index in [0.29, 0.717) is 15.7 Å². The quantitative estimate of drug-likeness (QED) is 0.409. The Morgan fingerprint density at radius 1 is 1.55 bits per heavy atom. The van der Waals surface area contributed by atoms with Crippen molar-refractivity contribution in [2.24, 2.45) is 5.10 Å². The molecule has 22 heavy (non-hydrogen) atoms. The summed E-state index contributed by atoms with van der Waals surface area (Å²) in [5.41, 5.74) is 3.30. The zero-order valence-electron chi connectivity index (χ0n) is 12.3. The number of carbonyl (C=O) groups excluding carboxylic acids is 1. The molecule has 0 radical (unpaired) electrons. The molecule has 120 valence electrons. The largest absolute Gasteiger partial charge is 0.504 e. The highest BCUT2D eigenvalue weighted by Crippen LogP contribution is 2.45. The minimum atomic E-state index is -0.0962. The Hall–Kier alpha value is -0.610. The van der Waals surface area contributed by atoms with Crippen molar-refractivity contribution in [2.45, 2.75) is 17.4 Å². The Bertz CT molecular complexity index is 590. The maximum Gasteiger partial charge on any atom is 0.242 e. The highest BCUT2D eigenvalue weighted by Gasteiger charge is 2.32. The molecule has 1 aromatic rings. The third-order valence-electron chi connectivity index (χ3n) is 3.05. The smallest absolute Gasteiger partial charge is 0.242 e. The van der Waals surface area contributed by atoms with Gasteiger partial charge in [0.2, 0.25) is 5.91 Å². The van der Waals surface area contributed by atoms with Crippen molar-refractivity contribution in [1.29, 1.82) is 0 Å². The van der Waals surface area contributed by atoms with Crippen molar-refractivity contribution in [1.82, 2.24) is 5.43 Å². The van der Waals surface area contributed by atoms with Gasteiger partial charge in [0.05, 0.1) is 27.4 Å². The first-order valence-corrected chi connectivity index (χ1v) is 9.65. The van der Waals surface area contributed by atoms with Crippen LogP contribution >= 0.6 is 46.1 Å². The minimum Gasteiger partial charge on any atom is -0.504 e. The Labute approximate surface area is 151 Å². The van der Waals surface area contributed by atoms with Gasteiger partial charge >= 0.3 is 0 Å². The molecular formula is C14H17IN2O3S2. The summed E-state index contributed by atoms with van der Waals surface area (Å²) in [6.07, 6.45) is 1.98. The van der Waals surface area contributed by atoms with Crippen LogP contribution in [0.25, 0.3) is 0 Å². The fraction of sp³-hybridized carbons (Fsp3) is 0.429. The first kappa shape index (κ1) is 17.7. The normalized spacial score (nSPS) is 16.9. The lowest BCUT2D eigenvalue weighted by Gasteiger charge is -2.19. The van der Waals surface area contributed by atoms with E-state index in [0.717, 1.165) is 17.1 Å². The van der Waals surface area contributed by atoms with Gasteiger partial charge in [-0.15, -0.1) is 23.5 Å². The van der Waals surface area contributed by atoms with Crippen LogP contribution in [0.3, 0.4) is 0 Å². The number of aromatic hydroxyl groups is 1. The molecule has 1 aromatic carbocycles. The maximum absolute atomic E-state index is 11.9. The van der Waals surface area contributed by atoms with Gasteiger partial charge in [-0.05, 0) is 47.2 Å². The summed E-state index contributed by atoms with van der Waals surface area (Å²) < 4.78 is 5.70. The van der Waals surface area contributed by atoms with Gasteiger partial charge in [0.1, 0.15) is 0 Å². The molecule has 0 aromatic heterocycles. The number of benzene rings is 1. The summed E-state index contributed by atoms with van der Waals surface area (Å²) in [6, 6.07) is 3.43. The molecule has 1 amide bonds. The van der Waals surface area contributed by atoms with E-state index in [9.17, 15) is 9.90 Å². The van der Waals surface area contributed by atoms with E-state index in [-0.39, 0.29) is 15.7 Å². The van der Waals surface area contributed by atoms with Crippen LogP contribution in [-0.4, -0.2) is 39.9 Å². The lowest BCUT2D eigenvalue weighted by atomic mass is 10.2. The average molecular weight is 452 g/mol. The number of thioether (sulfide) groups is 2. The van der Waals surface area contributed by atoms with Gasteiger partial charge in [0.25, 0.3) is 0 Å². The van der Waals surface area contributed by atoms with Crippen LogP contribution in [0.5, 0.6) is 11.5 Å². The van der Waals surface area contributed by atoms with Crippen LogP contribution in [0, 0.1) is 3.57 Å². The molecule has 0 aliphatic carbocycles. The summed E-state index contributed by atoms with van der Waals surface area (Å²) in [5, 5.41) is 13.7. The van der Waals surface area contributed by atoms with Crippen molar-refractivity contribution in [3.05, 3.63) is 21.3 Å². The molecule has 1 fully saturated rings. The molecular weight excluding hydrogens is 435 g/mol. The van der Waals surface area contributed by atoms with E-state index in [4.69, 9.17) is 4.74 Å². The van der Waals surface area contributed by atoms with E-state index in [1.54, 1.807) is 18.3 Å². The van der Waals surface area contributed by atoms with Crippen LogP contribution in [0.4, 0.5) is 0 Å². The van der Waals surface area contributed by atoms with Crippen LogP contribution in [0.15, 0.2) is 17.2 Å². The standard InChI is InChI=1S/C14H17IN2O3S2/c1-14(21-3-4-22-14)7-12(18)17-16-8-9-5-10(15)13(19)11(6-9)20-2/h5-6,8,19H,3-4,7H2,1-2H3,(H,17,18)/b16-8-. The number of phenolic OH excluding ortho intramolecular Hbond substituents is 1. The van der Waals surface area contributed by atoms with Gasteiger partial charge in [0, 0.05) is 11.5 Å². The summed E-state index contributed by atoms with van der Waals surface area (Å²) >= 11 is 5.65. The van der Waals surface area contributed by atoms with Crippen molar-refractivity contribution in [3.8, 4) is 11.5 Å². The zero-order valence-corrected chi connectivity index (χ0v) is 16.0. The SMILES string of the molecule is COc1cc(/C=N\NC(=O)CC2(C)SCCS2)cc(I)c1O. The number of hydrogen-bond donors (Lipinski definition) is 2. The Kier molecular flexibility index (Phi) is 6.27. The average Bonchev–Trinajstić information content (AvgIpc) is 2.88. The number of rotatable bonds is 5. The van der Waals surface area contributed by atoms with E-state index in [1.807, 2.05) is 46.1 Å².